The summed E-state index contributed by atoms with van der Waals surface area (Å²) in [5, 5.41) is 16.7. The fourth-order valence-corrected chi connectivity index (χ4v) is 2.03. The molecule has 2 heterocycles. The number of piperazine rings is 1. The summed E-state index contributed by atoms with van der Waals surface area (Å²) < 4.78 is 0. The van der Waals surface area contributed by atoms with Gasteiger partial charge in [-0.25, -0.2) is 4.98 Å². The number of anilines is 1. The van der Waals surface area contributed by atoms with Gasteiger partial charge in [-0.05, 0) is 12.5 Å². The highest BCUT2D eigenvalue weighted by Gasteiger charge is 2.16. The van der Waals surface area contributed by atoms with Crippen molar-refractivity contribution in [2.24, 2.45) is 0 Å². The van der Waals surface area contributed by atoms with Crippen molar-refractivity contribution in [1.29, 1.82) is 0 Å². The third kappa shape index (κ3) is 3.41. The summed E-state index contributed by atoms with van der Waals surface area (Å²) >= 11 is 0. The van der Waals surface area contributed by atoms with E-state index in [1.807, 2.05) is 0 Å². The van der Waals surface area contributed by atoms with E-state index >= 15 is 0 Å². The minimum Gasteiger partial charge on any atom is -0.361 e. The van der Waals surface area contributed by atoms with Crippen LogP contribution >= 0.6 is 0 Å². The van der Waals surface area contributed by atoms with Crippen molar-refractivity contribution in [1.82, 2.24) is 15.2 Å². The van der Waals surface area contributed by atoms with Gasteiger partial charge in [0.05, 0.1) is 11.5 Å². The van der Waals surface area contributed by atoms with E-state index in [9.17, 15) is 14.9 Å². The van der Waals surface area contributed by atoms with Crippen LogP contribution in [0.25, 0.3) is 0 Å². The number of nitrogens with one attached hydrogen (secondary N) is 2. The quantitative estimate of drug-likeness (QED) is 0.600. The molecule has 0 radical (unpaired) electrons. The molecule has 0 bridgehead atoms. The number of aromatic nitrogens is 1. The normalized spacial score (nSPS) is 14.9. The van der Waals surface area contributed by atoms with Crippen molar-refractivity contribution in [3.05, 3.63) is 27.9 Å². The maximum atomic E-state index is 12.0. The van der Waals surface area contributed by atoms with Gasteiger partial charge in [0.2, 0.25) is 5.91 Å². The van der Waals surface area contributed by atoms with E-state index < -0.39 is 4.92 Å². The van der Waals surface area contributed by atoms with Crippen LogP contribution < -0.4 is 10.6 Å². The Kier molecular flexibility index (Phi) is 4.46. The van der Waals surface area contributed by atoms with E-state index in [0.29, 0.717) is 24.5 Å². The number of nitro groups is 1. The summed E-state index contributed by atoms with van der Waals surface area (Å²) in [6, 6.07) is 1.44. The highest BCUT2D eigenvalue weighted by molar-refractivity contribution is 5.81. The maximum absolute atomic E-state index is 12.0. The summed E-state index contributed by atoms with van der Waals surface area (Å²) in [4.78, 5) is 27.8. The second-order valence-electron chi connectivity index (χ2n) is 4.60. The highest BCUT2D eigenvalue weighted by Crippen LogP contribution is 2.17. The molecule has 1 fully saturated rings. The SMILES string of the molecule is Cc1cc([N+](=O)[O-])cnc1NCC(=O)N1CCNCC1. The first-order valence-corrected chi connectivity index (χ1v) is 6.41. The lowest BCUT2D eigenvalue weighted by Gasteiger charge is -2.27. The zero-order valence-electron chi connectivity index (χ0n) is 11.3. The maximum Gasteiger partial charge on any atom is 0.287 e. The van der Waals surface area contributed by atoms with E-state index in [1.54, 1.807) is 11.8 Å². The third-order valence-electron chi connectivity index (χ3n) is 3.15. The lowest BCUT2D eigenvalue weighted by molar-refractivity contribution is -0.385. The minimum atomic E-state index is -0.490. The molecular weight excluding hydrogens is 262 g/mol. The summed E-state index contributed by atoms with van der Waals surface area (Å²) in [5.41, 5.74) is 0.591. The number of amides is 1. The molecule has 2 N–H and O–H groups in total. The fraction of sp³-hybridized carbons (Fsp3) is 0.500. The van der Waals surface area contributed by atoms with Gasteiger partial charge in [-0.1, -0.05) is 0 Å². The van der Waals surface area contributed by atoms with Crippen LogP contribution in [0.4, 0.5) is 11.5 Å². The van der Waals surface area contributed by atoms with Gasteiger partial charge in [0.1, 0.15) is 12.0 Å². The topological polar surface area (TPSA) is 100 Å². The van der Waals surface area contributed by atoms with Gasteiger partial charge in [-0.2, -0.15) is 0 Å². The van der Waals surface area contributed by atoms with Gasteiger partial charge in [-0.15, -0.1) is 0 Å². The number of nitrogens with zero attached hydrogens (tertiary/aromatic N) is 3. The van der Waals surface area contributed by atoms with Crippen molar-refractivity contribution in [3.63, 3.8) is 0 Å². The molecule has 1 amide bonds. The second kappa shape index (κ2) is 6.29. The van der Waals surface area contributed by atoms with Crippen LogP contribution in [0.3, 0.4) is 0 Å². The lowest BCUT2D eigenvalue weighted by Crippen LogP contribution is -2.48. The molecule has 1 aromatic rings. The monoisotopic (exact) mass is 279 g/mol. The summed E-state index contributed by atoms with van der Waals surface area (Å²) in [6.45, 7) is 4.88. The van der Waals surface area contributed by atoms with E-state index in [4.69, 9.17) is 0 Å². The first-order valence-electron chi connectivity index (χ1n) is 6.41. The van der Waals surface area contributed by atoms with E-state index in [-0.39, 0.29) is 18.1 Å². The predicted octanol–water partition coefficient (Wildman–Crippen LogP) is 0.142. The van der Waals surface area contributed by atoms with Crippen molar-refractivity contribution >= 4 is 17.4 Å². The van der Waals surface area contributed by atoms with Gasteiger partial charge in [0.15, 0.2) is 0 Å². The molecule has 0 unspecified atom stereocenters. The molecule has 0 spiro atoms. The van der Waals surface area contributed by atoms with Crippen molar-refractivity contribution in [2.45, 2.75) is 6.92 Å². The number of rotatable bonds is 4. The molecule has 0 atom stereocenters. The number of carbonyl (C=O) groups excluding carboxylic acids is 1. The Hall–Kier alpha value is -2.22. The van der Waals surface area contributed by atoms with Crippen molar-refractivity contribution in [2.75, 3.05) is 38.0 Å². The Morgan fingerprint density at radius 1 is 1.55 bits per heavy atom. The number of hydrogen-bond acceptors (Lipinski definition) is 6. The zero-order valence-corrected chi connectivity index (χ0v) is 11.3. The van der Waals surface area contributed by atoms with Crippen LogP contribution in [0.15, 0.2) is 12.3 Å². The highest BCUT2D eigenvalue weighted by atomic mass is 16.6. The fourth-order valence-electron chi connectivity index (χ4n) is 2.03. The minimum absolute atomic E-state index is 0.00560. The first kappa shape index (κ1) is 14.2. The lowest BCUT2D eigenvalue weighted by atomic mass is 10.2. The molecule has 0 aliphatic carbocycles. The van der Waals surface area contributed by atoms with Crippen LogP contribution in [-0.2, 0) is 4.79 Å². The van der Waals surface area contributed by atoms with Gasteiger partial charge in [-0.3, -0.25) is 14.9 Å². The van der Waals surface area contributed by atoms with E-state index in [0.717, 1.165) is 13.1 Å². The standard InChI is InChI=1S/C12H17N5O3/c1-9-6-10(17(19)20)7-14-12(9)15-8-11(18)16-4-2-13-3-5-16/h6-7,13H,2-5,8H2,1H3,(H,14,15). The van der Waals surface area contributed by atoms with Gasteiger partial charge < -0.3 is 15.5 Å². The first-order chi connectivity index (χ1) is 9.58. The Bertz CT molecular complexity index is 514. The van der Waals surface area contributed by atoms with E-state index in [2.05, 4.69) is 15.6 Å². The van der Waals surface area contributed by atoms with Crippen LogP contribution in [0.5, 0.6) is 0 Å². The molecule has 20 heavy (non-hydrogen) atoms. The average molecular weight is 279 g/mol. The molecule has 108 valence electrons. The van der Waals surface area contributed by atoms with Crippen LogP contribution in [0, 0.1) is 17.0 Å². The van der Waals surface area contributed by atoms with Crippen LogP contribution in [-0.4, -0.2) is 53.4 Å². The third-order valence-corrected chi connectivity index (χ3v) is 3.15. The molecule has 1 saturated heterocycles. The van der Waals surface area contributed by atoms with Gasteiger partial charge in [0.25, 0.3) is 5.69 Å². The largest absolute Gasteiger partial charge is 0.361 e. The molecule has 1 aliphatic heterocycles. The molecule has 0 saturated carbocycles. The Labute approximate surface area is 116 Å². The summed E-state index contributed by atoms with van der Waals surface area (Å²) in [7, 11) is 0. The van der Waals surface area contributed by atoms with Crippen molar-refractivity contribution in [3.8, 4) is 0 Å². The molecule has 1 aromatic heterocycles. The average Bonchev–Trinajstić information content (AvgIpc) is 2.46. The molecule has 8 heteroatoms. The zero-order chi connectivity index (χ0) is 14.5. The van der Waals surface area contributed by atoms with Gasteiger partial charge >= 0.3 is 0 Å². The van der Waals surface area contributed by atoms with Crippen molar-refractivity contribution < 1.29 is 9.72 Å². The van der Waals surface area contributed by atoms with E-state index in [1.165, 1.54) is 12.3 Å². The molecule has 1 aliphatic rings. The Morgan fingerprint density at radius 3 is 2.85 bits per heavy atom. The van der Waals surface area contributed by atoms with Gasteiger partial charge in [0, 0.05) is 32.2 Å². The summed E-state index contributed by atoms with van der Waals surface area (Å²) in [5.74, 6) is 0.505. The number of pyridine rings is 1. The summed E-state index contributed by atoms with van der Waals surface area (Å²) in [6.07, 6.45) is 1.19. The smallest absolute Gasteiger partial charge is 0.287 e. The number of hydrogen-bond donors (Lipinski definition) is 2. The Morgan fingerprint density at radius 2 is 2.25 bits per heavy atom. The molecule has 8 nitrogen and oxygen atoms in total. The molecule has 2 rings (SSSR count). The number of carbonyl (C=O) groups is 1. The molecular formula is C12H17N5O3. The van der Waals surface area contributed by atoms with Crippen LogP contribution in [0.2, 0.25) is 0 Å². The predicted molar refractivity (Wildman–Crippen MR) is 73.6 cm³/mol. The Balaban J connectivity index is 1.93. The van der Waals surface area contributed by atoms with Crippen LogP contribution in [0.1, 0.15) is 5.56 Å². The molecule has 0 aromatic carbocycles. The second-order valence-corrected chi connectivity index (χ2v) is 4.60. The number of aryl methyl sites for hydroxylation is 1.